The van der Waals surface area contributed by atoms with Crippen molar-refractivity contribution in [2.45, 2.75) is 98.5 Å². The van der Waals surface area contributed by atoms with Crippen molar-refractivity contribution in [2.75, 3.05) is 0 Å². The van der Waals surface area contributed by atoms with Crippen molar-refractivity contribution in [3.05, 3.63) is 12.7 Å². The third-order valence-corrected chi connectivity index (χ3v) is 3.17. The van der Waals surface area contributed by atoms with Gasteiger partial charge in [-0.25, -0.2) is 14.4 Å². The Morgan fingerprint density at radius 2 is 1.18 bits per heavy atom. The predicted octanol–water partition coefficient (Wildman–Crippen LogP) is 5.08. The topological polar surface area (TPSA) is 82.1 Å². The average molecular weight is 400 g/mol. The largest absolute Gasteiger partial charge is 0.458 e. The van der Waals surface area contributed by atoms with E-state index in [4.69, 9.17) is 14.2 Å². The zero-order valence-electron chi connectivity index (χ0n) is 19.0. The zero-order valence-corrected chi connectivity index (χ0v) is 19.0. The van der Waals surface area contributed by atoms with Crippen molar-refractivity contribution in [3.8, 4) is 0 Å². The van der Waals surface area contributed by atoms with Gasteiger partial charge < -0.3 is 14.2 Å². The molecule has 2 amide bonds. The van der Waals surface area contributed by atoms with Crippen LogP contribution in [0.2, 0.25) is 0 Å². The molecule has 0 unspecified atom stereocenters. The maximum atomic E-state index is 12.9. The van der Waals surface area contributed by atoms with Gasteiger partial charge in [0.15, 0.2) is 0 Å². The molecule has 0 bridgehead atoms. The van der Waals surface area contributed by atoms with E-state index in [1.54, 1.807) is 68.4 Å². The zero-order chi connectivity index (χ0) is 22.5. The van der Waals surface area contributed by atoms with Crippen molar-refractivity contribution < 1.29 is 28.6 Å². The summed E-state index contributed by atoms with van der Waals surface area (Å²) < 4.78 is 16.2. The number of rotatable bonds is 5. The molecule has 0 aromatic heterocycles. The van der Waals surface area contributed by atoms with E-state index in [1.807, 2.05) is 6.92 Å². The van der Waals surface area contributed by atoms with Gasteiger partial charge in [-0.1, -0.05) is 13.0 Å². The quantitative estimate of drug-likeness (QED) is 0.364. The first-order valence-corrected chi connectivity index (χ1v) is 9.47. The minimum Gasteiger partial charge on any atom is -0.458 e. The van der Waals surface area contributed by atoms with Gasteiger partial charge in [-0.05, 0) is 74.7 Å². The fourth-order valence-electron chi connectivity index (χ4n) is 2.08. The van der Waals surface area contributed by atoms with Gasteiger partial charge in [-0.3, -0.25) is 0 Å². The SMILES string of the molecule is C=C[C@@H](C)C[C@@H](C(=O)OC(C)(C)C)N(C(=O)OC(C)(C)C)C(=O)OC(C)(C)C. The number of hydrogen-bond acceptors (Lipinski definition) is 6. The second kappa shape index (κ2) is 9.43. The second-order valence-corrected chi connectivity index (χ2v) is 9.83. The number of amides is 2. The molecule has 0 aromatic carbocycles. The first kappa shape index (κ1) is 26.0. The minimum absolute atomic E-state index is 0.136. The number of carbonyl (C=O) groups excluding carboxylic acids is 3. The highest BCUT2D eigenvalue weighted by Crippen LogP contribution is 2.23. The minimum atomic E-state index is -1.21. The summed E-state index contributed by atoms with van der Waals surface area (Å²) in [6.45, 7) is 20.7. The Bertz CT molecular complexity index is 549. The van der Waals surface area contributed by atoms with Crippen molar-refractivity contribution in [3.63, 3.8) is 0 Å². The third-order valence-electron chi connectivity index (χ3n) is 3.17. The molecule has 0 saturated carbocycles. The Kier molecular flexibility index (Phi) is 8.74. The molecule has 0 fully saturated rings. The summed E-state index contributed by atoms with van der Waals surface area (Å²) in [6.07, 6.45) is -0.154. The van der Waals surface area contributed by atoms with Crippen LogP contribution < -0.4 is 0 Å². The molecule has 2 atom stereocenters. The van der Waals surface area contributed by atoms with Gasteiger partial charge in [0.05, 0.1) is 0 Å². The number of allylic oxidation sites excluding steroid dienone is 1. The Balaban J connectivity index is 6.10. The maximum Gasteiger partial charge on any atom is 0.420 e. The van der Waals surface area contributed by atoms with E-state index in [9.17, 15) is 14.4 Å². The summed E-state index contributed by atoms with van der Waals surface area (Å²) in [4.78, 5) is 39.3. The summed E-state index contributed by atoms with van der Waals surface area (Å²) in [7, 11) is 0. The number of imide groups is 1. The molecule has 0 aliphatic carbocycles. The lowest BCUT2D eigenvalue weighted by molar-refractivity contribution is -0.161. The summed E-state index contributed by atoms with van der Waals surface area (Å²) in [6, 6.07) is -1.21. The molecule has 0 radical (unpaired) electrons. The van der Waals surface area contributed by atoms with Crippen LogP contribution in [-0.2, 0) is 19.0 Å². The summed E-state index contributed by atoms with van der Waals surface area (Å²) in [5, 5.41) is 0. The fraction of sp³-hybridized carbons (Fsp3) is 0.762. The van der Waals surface area contributed by atoms with Crippen LogP contribution in [0.25, 0.3) is 0 Å². The van der Waals surface area contributed by atoms with E-state index in [1.165, 1.54) is 0 Å². The molecule has 0 spiro atoms. The molecular formula is C21H37NO6. The smallest absolute Gasteiger partial charge is 0.420 e. The van der Waals surface area contributed by atoms with Crippen LogP contribution in [0.4, 0.5) is 9.59 Å². The first-order valence-electron chi connectivity index (χ1n) is 9.47. The van der Waals surface area contributed by atoms with E-state index < -0.39 is 41.0 Å². The van der Waals surface area contributed by atoms with Gasteiger partial charge >= 0.3 is 18.2 Å². The third kappa shape index (κ3) is 10.3. The molecule has 0 aliphatic heterocycles. The number of hydrogen-bond donors (Lipinski definition) is 0. The van der Waals surface area contributed by atoms with E-state index in [0.717, 1.165) is 0 Å². The van der Waals surface area contributed by atoms with Crippen LogP contribution in [0.5, 0.6) is 0 Å². The first-order chi connectivity index (χ1) is 12.4. The molecule has 0 aromatic rings. The van der Waals surface area contributed by atoms with Crippen molar-refractivity contribution in [1.29, 1.82) is 0 Å². The molecule has 0 rings (SSSR count). The van der Waals surface area contributed by atoms with Gasteiger partial charge in [0.25, 0.3) is 0 Å². The van der Waals surface area contributed by atoms with Crippen LogP contribution in [-0.4, -0.2) is 45.9 Å². The van der Waals surface area contributed by atoms with Gasteiger partial charge in [0.2, 0.25) is 0 Å². The monoisotopic (exact) mass is 399 g/mol. The summed E-state index contributed by atoms with van der Waals surface area (Å²) in [5.74, 6) is -0.872. The Morgan fingerprint density at radius 1 is 0.821 bits per heavy atom. The van der Waals surface area contributed by atoms with Gasteiger partial charge in [0, 0.05) is 0 Å². The molecule has 0 aliphatic rings. The van der Waals surface area contributed by atoms with Crippen LogP contribution in [0.3, 0.4) is 0 Å². The van der Waals surface area contributed by atoms with Crippen LogP contribution in [0.1, 0.15) is 75.7 Å². The Hall–Kier alpha value is -2.05. The van der Waals surface area contributed by atoms with Gasteiger partial charge in [-0.2, -0.15) is 4.90 Å². The average Bonchev–Trinajstić information content (AvgIpc) is 2.40. The normalized spacial score (nSPS) is 14.5. The van der Waals surface area contributed by atoms with Gasteiger partial charge in [0.1, 0.15) is 22.8 Å². The maximum absolute atomic E-state index is 12.9. The standard InChI is InChI=1S/C21H37NO6/c1-12-14(2)13-15(16(23)26-19(3,4)5)22(17(24)27-20(6,7)8)18(25)28-21(9,10)11/h12,14-15H,1,13H2,2-11H3/t14-,15+/m1/s1. The number of ether oxygens (including phenoxy) is 3. The second-order valence-electron chi connectivity index (χ2n) is 9.83. The molecule has 0 N–H and O–H groups in total. The fourth-order valence-corrected chi connectivity index (χ4v) is 2.08. The van der Waals surface area contributed by atoms with E-state index in [2.05, 4.69) is 6.58 Å². The van der Waals surface area contributed by atoms with E-state index in [0.29, 0.717) is 4.90 Å². The molecule has 7 nitrogen and oxygen atoms in total. The lowest BCUT2D eigenvalue weighted by atomic mass is 10.0. The highest BCUT2D eigenvalue weighted by atomic mass is 16.6. The molecule has 7 heteroatoms. The van der Waals surface area contributed by atoms with Crippen LogP contribution in [0.15, 0.2) is 12.7 Å². The molecular weight excluding hydrogens is 362 g/mol. The molecule has 28 heavy (non-hydrogen) atoms. The Morgan fingerprint density at radius 3 is 1.46 bits per heavy atom. The van der Waals surface area contributed by atoms with E-state index in [-0.39, 0.29) is 12.3 Å². The number of esters is 1. The van der Waals surface area contributed by atoms with Crippen LogP contribution in [0, 0.1) is 5.92 Å². The predicted molar refractivity (Wildman–Crippen MR) is 108 cm³/mol. The van der Waals surface area contributed by atoms with Crippen molar-refractivity contribution in [2.24, 2.45) is 5.92 Å². The lowest BCUT2D eigenvalue weighted by Crippen LogP contribution is -2.53. The molecule has 0 saturated heterocycles. The highest BCUT2D eigenvalue weighted by molar-refractivity contribution is 5.94. The van der Waals surface area contributed by atoms with Crippen LogP contribution >= 0.6 is 0 Å². The lowest BCUT2D eigenvalue weighted by Gasteiger charge is -2.34. The Labute approximate surface area is 169 Å². The highest BCUT2D eigenvalue weighted by Gasteiger charge is 2.42. The van der Waals surface area contributed by atoms with Crippen molar-refractivity contribution in [1.82, 2.24) is 4.90 Å². The van der Waals surface area contributed by atoms with E-state index >= 15 is 0 Å². The molecule has 0 heterocycles. The molecule has 162 valence electrons. The van der Waals surface area contributed by atoms with Crippen molar-refractivity contribution >= 4 is 18.2 Å². The number of carbonyl (C=O) groups is 3. The number of nitrogens with zero attached hydrogens (tertiary/aromatic N) is 1. The van der Waals surface area contributed by atoms with Gasteiger partial charge in [-0.15, -0.1) is 6.58 Å². The summed E-state index contributed by atoms with van der Waals surface area (Å²) in [5.41, 5.74) is -2.51. The summed E-state index contributed by atoms with van der Waals surface area (Å²) >= 11 is 0.